The van der Waals surface area contributed by atoms with Crippen LogP contribution in [-0.2, 0) is 4.79 Å². The molecule has 0 aliphatic heterocycles. The van der Waals surface area contributed by atoms with Crippen LogP contribution in [0.5, 0.6) is 11.6 Å². The Morgan fingerprint density at radius 2 is 1.83 bits per heavy atom. The number of hydrogen-bond acceptors (Lipinski definition) is 7. The lowest BCUT2D eigenvalue weighted by atomic mass is 10.2. The molecule has 2 amide bonds. The maximum Gasteiger partial charge on any atom is 0.267 e. The maximum atomic E-state index is 13.0. The van der Waals surface area contributed by atoms with Gasteiger partial charge in [0.2, 0.25) is 11.8 Å². The fraction of sp³-hybridized carbons (Fsp3) is 0.105. The van der Waals surface area contributed by atoms with E-state index in [4.69, 9.17) is 16.2 Å². The number of rotatable bonds is 7. The van der Waals surface area contributed by atoms with Crippen molar-refractivity contribution in [1.29, 1.82) is 0 Å². The van der Waals surface area contributed by atoms with E-state index in [2.05, 4.69) is 20.3 Å². The van der Waals surface area contributed by atoms with Gasteiger partial charge in [-0.05, 0) is 37.3 Å². The van der Waals surface area contributed by atoms with Crippen LogP contribution in [0.2, 0.25) is 0 Å². The second kappa shape index (κ2) is 8.30. The van der Waals surface area contributed by atoms with Gasteiger partial charge in [-0.1, -0.05) is 0 Å². The van der Waals surface area contributed by atoms with Gasteiger partial charge in [0.15, 0.2) is 5.82 Å². The molecule has 0 spiro atoms. The zero-order chi connectivity index (χ0) is 21.0. The standard InChI is InChI=1S/C19H17FN6O3/c1-10(17(21)27)24-15-8-14(18(22)28)25-19(26-15)11-2-7-16(23-9-11)29-13-5-3-12(20)4-6-13/h2-10H,1H3,(H2,21,27)(H2,22,28)(H,24,25,26). The van der Waals surface area contributed by atoms with Gasteiger partial charge in [-0.2, -0.15) is 0 Å². The molecule has 1 aromatic carbocycles. The number of anilines is 1. The Morgan fingerprint density at radius 3 is 2.41 bits per heavy atom. The van der Waals surface area contributed by atoms with Gasteiger partial charge in [0.05, 0.1) is 0 Å². The lowest BCUT2D eigenvalue weighted by Gasteiger charge is -2.12. The molecular formula is C19H17FN6O3. The normalized spacial score (nSPS) is 11.5. The van der Waals surface area contributed by atoms with Crippen LogP contribution < -0.4 is 21.5 Å². The fourth-order valence-electron chi connectivity index (χ4n) is 2.27. The van der Waals surface area contributed by atoms with E-state index >= 15 is 0 Å². The molecule has 0 aliphatic rings. The highest BCUT2D eigenvalue weighted by atomic mass is 19.1. The number of carbonyl (C=O) groups is 2. The second-order valence-corrected chi connectivity index (χ2v) is 6.04. The number of pyridine rings is 1. The highest BCUT2D eigenvalue weighted by Crippen LogP contribution is 2.23. The van der Waals surface area contributed by atoms with E-state index in [9.17, 15) is 14.0 Å². The maximum absolute atomic E-state index is 13.0. The van der Waals surface area contributed by atoms with Crippen LogP contribution >= 0.6 is 0 Å². The number of benzene rings is 1. The first-order valence-electron chi connectivity index (χ1n) is 8.46. The van der Waals surface area contributed by atoms with E-state index in [1.807, 2.05) is 0 Å². The molecule has 0 saturated carbocycles. The van der Waals surface area contributed by atoms with E-state index in [-0.39, 0.29) is 29.0 Å². The lowest BCUT2D eigenvalue weighted by Crippen LogP contribution is -2.33. The minimum atomic E-state index is -0.757. The molecule has 148 valence electrons. The van der Waals surface area contributed by atoms with Crippen molar-refractivity contribution in [2.75, 3.05) is 5.32 Å². The average molecular weight is 396 g/mol. The largest absolute Gasteiger partial charge is 0.439 e. The molecule has 0 fully saturated rings. The van der Waals surface area contributed by atoms with Crippen LogP contribution in [0, 0.1) is 5.82 Å². The molecule has 0 radical (unpaired) electrons. The van der Waals surface area contributed by atoms with Gasteiger partial charge in [-0.25, -0.2) is 19.3 Å². The summed E-state index contributed by atoms with van der Waals surface area (Å²) in [7, 11) is 0. The van der Waals surface area contributed by atoms with Crippen molar-refractivity contribution in [3.8, 4) is 23.0 Å². The first kappa shape index (κ1) is 19.7. The molecule has 3 rings (SSSR count). The van der Waals surface area contributed by atoms with E-state index in [0.717, 1.165) is 0 Å². The first-order valence-corrected chi connectivity index (χ1v) is 8.46. The molecule has 2 heterocycles. The van der Waals surface area contributed by atoms with Crippen molar-refractivity contribution in [2.45, 2.75) is 13.0 Å². The zero-order valence-electron chi connectivity index (χ0n) is 15.3. The molecule has 2 aromatic heterocycles. The first-order chi connectivity index (χ1) is 13.8. The smallest absolute Gasteiger partial charge is 0.267 e. The number of aromatic nitrogens is 3. The summed E-state index contributed by atoms with van der Waals surface area (Å²) >= 11 is 0. The number of nitrogens with zero attached hydrogens (tertiary/aromatic N) is 3. The Labute approximate surface area is 164 Å². The number of amides is 2. The molecule has 10 heteroatoms. The Bertz CT molecular complexity index is 1040. The molecule has 1 unspecified atom stereocenters. The highest BCUT2D eigenvalue weighted by molar-refractivity contribution is 5.92. The summed E-state index contributed by atoms with van der Waals surface area (Å²) in [6.45, 7) is 1.55. The minimum Gasteiger partial charge on any atom is -0.439 e. The topological polar surface area (TPSA) is 146 Å². The summed E-state index contributed by atoms with van der Waals surface area (Å²) in [6.07, 6.45) is 1.44. The number of carbonyl (C=O) groups excluding carboxylic acids is 2. The van der Waals surface area contributed by atoms with Gasteiger partial charge in [0, 0.05) is 23.9 Å². The van der Waals surface area contributed by atoms with Crippen LogP contribution in [0.15, 0.2) is 48.7 Å². The molecule has 0 bridgehead atoms. The van der Waals surface area contributed by atoms with Crippen molar-refractivity contribution in [3.63, 3.8) is 0 Å². The van der Waals surface area contributed by atoms with E-state index < -0.39 is 17.9 Å². The van der Waals surface area contributed by atoms with Gasteiger partial charge in [-0.15, -0.1) is 0 Å². The summed E-state index contributed by atoms with van der Waals surface area (Å²) in [6, 6.07) is 9.30. The third-order valence-electron chi connectivity index (χ3n) is 3.80. The predicted molar refractivity (Wildman–Crippen MR) is 103 cm³/mol. The van der Waals surface area contributed by atoms with E-state index in [1.54, 1.807) is 19.1 Å². The molecule has 1 atom stereocenters. The molecular weight excluding hydrogens is 379 g/mol. The van der Waals surface area contributed by atoms with Crippen LogP contribution in [0.3, 0.4) is 0 Å². The van der Waals surface area contributed by atoms with Crippen molar-refractivity contribution >= 4 is 17.6 Å². The average Bonchev–Trinajstić information content (AvgIpc) is 2.70. The molecule has 5 N–H and O–H groups in total. The fourth-order valence-corrected chi connectivity index (χ4v) is 2.27. The van der Waals surface area contributed by atoms with Gasteiger partial charge in [0.1, 0.15) is 29.1 Å². The second-order valence-electron chi connectivity index (χ2n) is 6.04. The minimum absolute atomic E-state index is 0.0409. The summed E-state index contributed by atoms with van der Waals surface area (Å²) in [4.78, 5) is 35.4. The van der Waals surface area contributed by atoms with Gasteiger partial charge >= 0.3 is 0 Å². The van der Waals surface area contributed by atoms with Crippen molar-refractivity contribution in [2.24, 2.45) is 11.5 Å². The van der Waals surface area contributed by atoms with Crippen LogP contribution in [-0.4, -0.2) is 32.8 Å². The number of halogens is 1. The van der Waals surface area contributed by atoms with Crippen molar-refractivity contribution in [1.82, 2.24) is 15.0 Å². The number of nitrogens with two attached hydrogens (primary N) is 2. The summed E-state index contributed by atoms with van der Waals surface area (Å²) < 4.78 is 18.5. The Morgan fingerprint density at radius 1 is 1.10 bits per heavy atom. The third kappa shape index (κ3) is 5.01. The number of ether oxygens (including phenoxy) is 1. The molecule has 29 heavy (non-hydrogen) atoms. The van der Waals surface area contributed by atoms with E-state index in [1.165, 1.54) is 36.5 Å². The van der Waals surface area contributed by atoms with Crippen LogP contribution in [0.25, 0.3) is 11.4 Å². The van der Waals surface area contributed by atoms with Crippen LogP contribution in [0.1, 0.15) is 17.4 Å². The van der Waals surface area contributed by atoms with Crippen molar-refractivity contribution in [3.05, 3.63) is 60.2 Å². The number of hydrogen-bond donors (Lipinski definition) is 3. The molecule has 3 aromatic rings. The van der Waals surface area contributed by atoms with Crippen LogP contribution in [0.4, 0.5) is 10.2 Å². The van der Waals surface area contributed by atoms with Gasteiger partial charge in [-0.3, -0.25) is 9.59 Å². The SMILES string of the molecule is CC(Nc1cc(C(N)=O)nc(-c2ccc(Oc3ccc(F)cc3)nc2)n1)C(N)=O. The van der Waals surface area contributed by atoms with E-state index in [0.29, 0.717) is 11.3 Å². The Hall–Kier alpha value is -4.08. The molecule has 0 saturated heterocycles. The zero-order valence-corrected chi connectivity index (χ0v) is 15.3. The summed E-state index contributed by atoms with van der Waals surface area (Å²) in [5.74, 6) is -0.648. The monoisotopic (exact) mass is 396 g/mol. The van der Waals surface area contributed by atoms with Gasteiger partial charge < -0.3 is 21.5 Å². The quantitative estimate of drug-likeness (QED) is 0.552. The third-order valence-corrected chi connectivity index (χ3v) is 3.80. The molecule has 9 nitrogen and oxygen atoms in total. The number of nitrogens with one attached hydrogen (secondary N) is 1. The Kier molecular flexibility index (Phi) is 5.63. The predicted octanol–water partition coefficient (Wildman–Crippen LogP) is 1.85. The number of primary amides is 2. The lowest BCUT2D eigenvalue weighted by molar-refractivity contribution is -0.118. The Balaban J connectivity index is 1.86. The summed E-state index contributed by atoms with van der Waals surface area (Å²) in [5, 5.41) is 2.79. The van der Waals surface area contributed by atoms with Gasteiger partial charge in [0.25, 0.3) is 5.91 Å². The molecule has 0 aliphatic carbocycles. The van der Waals surface area contributed by atoms with Crippen molar-refractivity contribution < 1.29 is 18.7 Å². The highest BCUT2D eigenvalue weighted by Gasteiger charge is 2.15. The summed E-state index contributed by atoms with van der Waals surface area (Å²) in [5.41, 5.74) is 11.0.